The first-order valence-corrected chi connectivity index (χ1v) is 7.32. The molecule has 0 fully saturated rings. The maximum atomic E-state index is 12.1. The van der Waals surface area contributed by atoms with Crippen molar-refractivity contribution in [1.29, 1.82) is 0 Å². The number of halogens is 1. The molecule has 0 heterocycles. The molecule has 0 saturated carbocycles. The fourth-order valence-electron chi connectivity index (χ4n) is 2.04. The Morgan fingerprint density at radius 2 is 2.05 bits per heavy atom. The van der Waals surface area contributed by atoms with E-state index in [2.05, 4.69) is 19.2 Å². The van der Waals surface area contributed by atoms with Gasteiger partial charge >= 0.3 is 0 Å². The van der Waals surface area contributed by atoms with Crippen molar-refractivity contribution in [3.05, 3.63) is 28.8 Å². The molecule has 0 aliphatic carbocycles. The first-order chi connectivity index (χ1) is 9.08. The van der Waals surface area contributed by atoms with Gasteiger partial charge in [0, 0.05) is 11.6 Å². The van der Waals surface area contributed by atoms with Gasteiger partial charge in [-0.2, -0.15) is 0 Å². The minimum Gasteiger partial charge on any atom is -0.398 e. The highest BCUT2D eigenvalue weighted by molar-refractivity contribution is 6.33. The molecule has 1 aromatic carbocycles. The Morgan fingerprint density at radius 1 is 1.32 bits per heavy atom. The first-order valence-electron chi connectivity index (χ1n) is 6.94. The van der Waals surface area contributed by atoms with E-state index in [-0.39, 0.29) is 11.9 Å². The van der Waals surface area contributed by atoms with Gasteiger partial charge in [-0.25, -0.2) is 0 Å². The van der Waals surface area contributed by atoms with Crippen LogP contribution in [0.2, 0.25) is 5.02 Å². The molecule has 0 spiro atoms. The number of nitrogens with two attached hydrogens (primary N) is 1. The van der Waals surface area contributed by atoms with Crippen LogP contribution in [0.15, 0.2) is 18.2 Å². The van der Waals surface area contributed by atoms with E-state index in [0.717, 1.165) is 32.1 Å². The molecule has 3 nitrogen and oxygen atoms in total. The molecule has 1 atom stereocenters. The van der Waals surface area contributed by atoms with Crippen molar-refractivity contribution >= 4 is 23.2 Å². The van der Waals surface area contributed by atoms with Gasteiger partial charge in [-0.15, -0.1) is 0 Å². The SMILES string of the molecule is CCCCC(CCC)NC(=O)c1ccc(Cl)c(N)c1. The first kappa shape index (κ1) is 15.8. The number of carbonyl (C=O) groups is 1. The Morgan fingerprint density at radius 3 is 2.63 bits per heavy atom. The molecule has 0 saturated heterocycles. The van der Waals surface area contributed by atoms with Crippen molar-refractivity contribution in [1.82, 2.24) is 5.32 Å². The molecule has 1 rings (SSSR count). The summed E-state index contributed by atoms with van der Waals surface area (Å²) in [5.41, 5.74) is 6.72. The standard InChI is InChI=1S/C15H23ClN2O/c1-3-5-7-12(6-4-2)18-15(19)11-8-9-13(16)14(17)10-11/h8-10,12H,3-7,17H2,1-2H3,(H,18,19). The number of nitrogen functional groups attached to an aromatic ring is 1. The van der Waals surface area contributed by atoms with Crippen LogP contribution < -0.4 is 11.1 Å². The zero-order valence-electron chi connectivity index (χ0n) is 11.7. The summed E-state index contributed by atoms with van der Waals surface area (Å²) in [6, 6.07) is 5.23. The van der Waals surface area contributed by atoms with Crippen LogP contribution in [0.4, 0.5) is 5.69 Å². The van der Waals surface area contributed by atoms with Crippen LogP contribution in [0.1, 0.15) is 56.3 Å². The topological polar surface area (TPSA) is 55.1 Å². The summed E-state index contributed by atoms with van der Waals surface area (Å²) in [6.45, 7) is 4.29. The number of benzene rings is 1. The van der Waals surface area contributed by atoms with Crippen molar-refractivity contribution < 1.29 is 4.79 Å². The van der Waals surface area contributed by atoms with Crippen molar-refractivity contribution in [2.45, 2.75) is 52.0 Å². The Balaban J connectivity index is 2.66. The van der Waals surface area contributed by atoms with Gasteiger partial charge in [0.2, 0.25) is 0 Å². The minimum absolute atomic E-state index is 0.0714. The molecule has 0 aliphatic rings. The number of amides is 1. The third kappa shape index (κ3) is 5.11. The Bertz CT molecular complexity index is 421. The second-order valence-corrected chi connectivity index (χ2v) is 5.24. The largest absolute Gasteiger partial charge is 0.398 e. The second-order valence-electron chi connectivity index (χ2n) is 4.84. The fourth-order valence-corrected chi connectivity index (χ4v) is 2.16. The summed E-state index contributed by atoms with van der Waals surface area (Å²) >= 11 is 5.85. The zero-order chi connectivity index (χ0) is 14.3. The van der Waals surface area contributed by atoms with Crippen LogP contribution in [-0.2, 0) is 0 Å². The van der Waals surface area contributed by atoms with Crippen LogP contribution in [0, 0.1) is 0 Å². The quantitative estimate of drug-likeness (QED) is 0.743. The molecule has 0 aliphatic heterocycles. The third-order valence-electron chi connectivity index (χ3n) is 3.14. The number of hydrogen-bond donors (Lipinski definition) is 2. The molecule has 106 valence electrons. The summed E-state index contributed by atoms with van der Waals surface area (Å²) in [5.74, 6) is -0.0714. The van der Waals surface area contributed by atoms with Crippen LogP contribution in [-0.4, -0.2) is 11.9 Å². The highest BCUT2D eigenvalue weighted by Crippen LogP contribution is 2.19. The summed E-state index contributed by atoms with van der Waals surface area (Å²) in [6.07, 6.45) is 5.38. The predicted octanol–water partition coefficient (Wildman–Crippen LogP) is 4.01. The van der Waals surface area contributed by atoms with Crippen molar-refractivity contribution in [3.8, 4) is 0 Å². The van der Waals surface area contributed by atoms with E-state index in [1.54, 1.807) is 18.2 Å². The summed E-state index contributed by atoms with van der Waals surface area (Å²) in [7, 11) is 0. The van der Waals surface area contributed by atoms with E-state index in [9.17, 15) is 4.79 Å². The highest BCUT2D eigenvalue weighted by Gasteiger charge is 2.13. The Hall–Kier alpha value is -1.22. The maximum absolute atomic E-state index is 12.1. The Kier molecular flexibility index (Phi) is 6.71. The summed E-state index contributed by atoms with van der Waals surface area (Å²) < 4.78 is 0. The van der Waals surface area contributed by atoms with Gasteiger partial charge in [-0.1, -0.05) is 44.7 Å². The van der Waals surface area contributed by atoms with E-state index in [1.807, 2.05) is 0 Å². The van der Waals surface area contributed by atoms with Crippen LogP contribution >= 0.6 is 11.6 Å². The third-order valence-corrected chi connectivity index (χ3v) is 3.48. The average molecular weight is 283 g/mol. The monoisotopic (exact) mass is 282 g/mol. The molecule has 1 amide bonds. The number of rotatable bonds is 7. The number of hydrogen-bond acceptors (Lipinski definition) is 2. The molecule has 1 unspecified atom stereocenters. The van der Waals surface area contributed by atoms with E-state index in [1.165, 1.54) is 0 Å². The predicted molar refractivity (Wildman–Crippen MR) is 81.6 cm³/mol. The zero-order valence-corrected chi connectivity index (χ0v) is 12.5. The summed E-state index contributed by atoms with van der Waals surface area (Å²) in [5, 5.41) is 3.56. The van der Waals surface area contributed by atoms with Crippen LogP contribution in [0.3, 0.4) is 0 Å². The number of nitrogens with one attached hydrogen (secondary N) is 1. The molecule has 1 aromatic rings. The molecule has 3 N–H and O–H groups in total. The van der Waals surface area contributed by atoms with E-state index in [4.69, 9.17) is 17.3 Å². The van der Waals surface area contributed by atoms with Crippen molar-refractivity contribution in [2.24, 2.45) is 0 Å². The molecular formula is C15H23ClN2O. The molecule has 4 heteroatoms. The van der Waals surface area contributed by atoms with Crippen LogP contribution in [0.25, 0.3) is 0 Å². The number of unbranched alkanes of at least 4 members (excludes halogenated alkanes) is 1. The lowest BCUT2D eigenvalue weighted by Crippen LogP contribution is -2.34. The van der Waals surface area contributed by atoms with E-state index in [0.29, 0.717) is 16.3 Å². The van der Waals surface area contributed by atoms with Gasteiger partial charge in [0.15, 0.2) is 0 Å². The van der Waals surface area contributed by atoms with Crippen molar-refractivity contribution in [3.63, 3.8) is 0 Å². The average Bonchev–Trinajstić information content (AvgIpc) is 2.39. The number of anilines is 1. The molecular weight excluding hydrogens is 260 g/mol. The van der Waals surface area contributed by atoms with Gasteiger partial charge in [0.1, 0.15) is 0 Å². The molecule has 19 heavy (non-hydrogen) atoms. The molecule has 0 bridgehead atoms. The van der Waals surface area contributed by atoms with Gasteiger partial charge in [-0.05, 0) is 31.0 Å². The van der Waals surface area contributed by atoms with E-state index < -0.39 is 0 Å². The second kappa shape index (κ2) is 8.05. The Labute approximate surface area is 120 Å². The lowest BCUT2D eigenvalue weighted by atomic mass is 10.0. The fraction of sp³-hybridized carbons (Fsp3) is 0.533. The normalized spacial score (nSPS) is 12.2. The van der Waals surface area contributed by atoms with Crippen molar-refractivity contribution in [2.75, 3.05) is 5.73 Å². The molecule has 0 aromatic heterocycles. The maximum Gasteiger partial charge on any atom is 0.251 e. The smallest absolute Gasteiger partial charge is 0.251 e. The van der Waals surface area contributed by atoms with Gasteiger partial charge in [0.05, 0.1) is 10.7 Å². The molecule has 0 radical (unpaired) electrons. The van der Waals surface area contributed by atoms with Gasteiger partial charge in [-0.3, -0.25) is 4.79 Å². The lowest BCUT2D eigenvalue weighted by molar-refractivity contribution is 0.0932. The van der Waals surface area contributed by atoms with Gasteiger partial charge in [0.25, 0.3) is 5.91 Å². The lowest BCUT2D eigenvalue weighted by Gasteiger charge is -2.18. The van der Waals surface area contributed by atoms with Gasteiger partial charge < -0.3 is 11.1 Å². The summed E-state index contributed by atoms with van der Waals surface area (Å²) in [4.78, 5) is 12.1. The minimum atomic E-state index is -0.0714. The number of carbonyl (C=O) groups excluding carboxylic acids is 1. The highest BCUT2D eigenvalue weighted by atomic mass is 35.5. The van der Waals surface area contributed by atoms with Crippen LogP contribution in [0.5, 0.6) is 0 Å². The van der Waals surface area contributed by atoms with E-state index >= 15 is 0 Å².